The van der Waals surface area contributed by atoms with Crippen LogP contribution in [0.25, 0.3) is 44.5 Å². The Labute approximate surface area is 723 Å². The fourth-order valence-electron chi connectivity index (χ4n) is 11.7. The molecule has 16 rings (SSSR count). The number of alkyl halides is 6. The monoisotopic (exact) mass is 1970 g/mol. The number of carboxylic acids is 2. The van der Waals surface area contributed by atoms with Gasteiger partial charge < -0.3 is 50.4 Å². The third kappa shape index (κ3) is 24.0. The zero-order valence-corrected chi connectivity index (χ0v) is 72.0. The molecule has 16 heterocycles. The number of hydrogen-bond acceptors (Lipinski definition) is 29. The molecule has 37 nitrogen and oxygen atoms in total. The second kappa shape index (κ2) is 38.5. The Morgan fingerprint density at radius 2 is 0.864 bits per heavy atom. The number of anilines is 4. The normalized spacial score (nSPS) is 14.0. The fraction of sp³-hybridized carbons (Fsp3) is 0.333. The number of nitrogens with zero attached hydrogens (tertiary/aromatic N) is 23. The summed E-state index contributed by atoms with van der Waals surface area (Å²) in [5.74, 6) is -9.27. The number of halogens is 15. The maximum Gasteiger partial charge on any atom is 0.408 e. The summed E-state index contributed by atoms with van der Waals surface area (Å²) >= 11 is 10.6. The van der Waals surface area contributed by atoms with Gasteiger partial charge in [-0.2, -0.15) is 46.4 Å². The van der Waals surface area contributed by atoms with E-state index in [4.69, 9.17) is 31.2 Å². The minimum absolute atomic E-state index is 0.00948. The fourth-order valence-corrected chi connectivity index (χ4v) is 13.6. The maximum absolute atomic E-state index is 14.3. The summed E-state index contributed by atoms with van der Waals surface area (Å²) < 4.78 is 188. The number of carbonyl (C=O) groups excluding carboxylic acids is 4. The molecule has 14 aromatic heterocycles. The molecular formula is C72H68Br3F12N25O12S. The molecule has 0 aliphatic carbocycles. The number of methoxy groups -OCH3 is 2. The molecule has 14 aromatic rings. The van der Waals surface area contributed by atoms with Crippen LogP contribution < -0.4 is 21.3 Å². The van der Waals surface area contributed by atoms with Gasteiger partial charge in [-0.05, 0) is 134 Å². The number of pyridine rings is 6. The van der Waals surface area contributed by atoms with E-state index >= 15 is 0 Å². The highest BCUT2D eigenvalue weighted by molar-refractivity contribution is 9.10. The molecule has 6 N–H and O–H groups in total. The number of carboxylic acid groups (broad SMARTS) is 2. The third-order valence-electron chi connectivity index (χ3n) is 17.0. The van der Waals surface area contributed by atoms with E-state index in [1.54, 1.807) is 48.6 Å². The van der Waals surface area contributed by atoms with E-state index in [0.29, 0.717) is 44.2 Å². The van der Waals surface area contributed by atoms with Gasteiger partial charge in [-0.3, -0.25) is 14.3 Å². The minimum atomic E-state index is -4.39. The molecular weight excluding hydrogens is 1910 g/mol. The number of nitrogen functional groups attached to an aromatic ring is 2. The Morgan fingerprint density at radius 1 is 0.496 bits per heavy atom. The van der Waals surface area contributed by atoms with Gasteiger partial charge in [0.25, 0.3) is 0 Å². The molecule has 664 valence electrons. The average Bonchev–Trinajstić information content (AvgIpc) is 1.64. The Kier molecular flexibility index (Phi) is 29.1. The van der Waals surface area contributed by atoms with Crippen molar-refractivity contribution in [3.63, 3.8) is 0 Å². The van der Waals surface area contributed by atoms with Crippen LogP contribution in [0.3, 0.4) is 0 Å². The molecule has 0 amide bonds. The first-order valence-corrected chi connectivity index (χ1v) is 39.2. The topological polar surface area (TPSA) is 450 Å². The highest BCUT2D eigenvalue weighted by Gasteiger charge is 2.48. The first-order valence-electron chi connectivity index (χ1n) is 35.9. The summed E-state index contributed by atoms with van der Waals surface area (Å²) in [4.78, 5) is 97.6. The second-order valence-corrected chi connectivity index (χ2v) is 31.4. The summed E-state index contributed by atoms with van der Waals surface area (Å²) in [6.45, 7) is 12.7. The van der Waals surface area contributed by atoms with Crippen molar-refractivity contribution < 1.29 is 111 Å². The maximum atomic E-state index is 14.3. The molecule has 2 atom stereocenters. The number of carbonyl (C=O) groups is 6. The number of thiazole rings is 1. The molecule has 2 fully saturated rings. The summed E-state index contributed by atoms with van der Waals surface area (Å²) in [6.07, 6.45) is -0.624. The second-order valence-electron chi connectivity index (χ2n) is 28.5. The van der Waals surface area contributed by atoms with Crippen molar-refractivity contribution in [2.75, 3.05) is 48.6 Å². The van der Waals surface area contributed by atoms with Gasteiger partial charge in [0.05, 0.1) is 81.7 Å². The molecule has 0 spiro atoms. The lowest BCUT2D eigenvalue weighted by molar-refractivity contribution is -0.155. The number of aromatic carboxylic acids is 2. The van der Waals surface area contributed by atoms with E-state index in [0.717, 1.165) is 70.6 Å². The van der Waals surface area contributed by atoms with Crippen LogP contribution in [0.15, 0.2) is 99.4 Å². The van der Waals surface area contributed by atoms with Gasteiger partial charge in [-0.15, -0.1) is 41.9 Å². The van der Waals surface area contributed by atoms with Gasteiger partial charge in [0, 0.05) is 66.6 Å². The minimum Gasteiger partial charge on any atom is -0.478 e. The molecule has 0 saturated carbocycles. The quantitative estimate of drug-likeness (QED) is 0.0531. The highest BCUT2D eigenvalue weighted by atomic mass is 79.9. The van der Waals surface area contributed by atoms with Crippen molar-refractivity contribution in [3.05, 3.63) is 173 Å². The lowest BCUT2D eigenvalue weighted by atomic mass is 10.1. The SMILES string of the molecule is CC(C)(C)OC(=O)Cc1cc2nc(Br)nn2cc1F.CC(C)(C)OC(=O)Cc1cc2nc(N3CCC[C@@H]3C(F)(F)F)nn2cc1F.COC(=O)c1cc2nc(Br)nn2cc1F.COC(=O)c1cc2nc(N)nn2cc1F.Cc1csc(-c2cnn(C)c2C(=O)O)n1.Nc1cc2nc(N3CCC[C@@H]3C(F)(F)F)nn2cc1F.O=C(O)c1cc2nc(Br)nn2cc1F. The zero-order valence-electron chi connectivity index (χ0n) is 66.4. The number of aryl methyl sites for hydroxylation is 2. The Morgan fingerprint density at radius 3 is 1.26 bits per heavy atom. The van der Waals surface area contributed by atoms with E-state index in [9.17, 15) is 81.5 Å². The Balaban J connectivity index is 0.000000154. The smallest absolute Gasteiger partial charge is 0.408 e. The van der Waals surface area contributed by atoms with Crippen LogP contribution >= 0.6 is 59.1 Å². The van der Waals surface area contributed by atoms with Crippen molar-refractivity contribution in [2.24, 2.45) is 7.05 Å². The van der Waals surface area contributed by atoms with Gasteiger partial charge >= 0.3 is 48.2 Å². The van der Waals surface area contributed by atoms with Crippen LogP contribution in [-0.4, -0.2) is 211 Å². The van der Waals surface area contributed by atoms with E-state index in [1.165, 1.54) is 82.0 Å². The number of aromatic nitrogens is 21. The van der Waals surface area contributed by atoms with Crippen LogP contribution in [0.5, 0.6) is 0 Å². The summed E-state index contributed by atoms with van der Waals surface area (Å²) in [5, 5.41) is 47.2. The number of nitrogens with two attached hydrogens (primary N) is 2. The van der Waals surface area contributed by atoms with Crippen molar-refractivity contribution in [1.29, 1.82) is 0 Å². The van der Waals surface area contributed by atoms with Crippen LogP contribution in [0.1, 0.15) is 126 Å². The van der Waals surface area contributed by atoms with Crippen LogP contribution in [-0.2, 0) is 48.4 Å². The predicted octanol–water partition coefficient (Wildman–Crippen LogP) is 12.3. The van der Waals surface area contributed by atoms with Gasteiger partial charge in [0.1, 0.15) is 56.6 Å². The van der Waals surface area contributed by atoms with Gasteiger partial charge in [0.2, 0.25) is 32.0 Å². The van der Waals surface area contributed by atoms with Crippen molar-refractivity contribution in [1.82, 2.24) is 102 Å². The number of ether oxygens (including phenoxy) is 4. The number of rotatable bonds is 11. The molecule has 125 heavy (non-hydrogen) atoms. The van der Waals surface area contributed by atoms with Crippen LogP contribution in [0.2, 0.25) is 0 Å². The van der Waals surface area contributed by atoms with E-state index in [2.05, 4.69) is 128 Å². The Hall–Kier alpha value is -12.8. The largest absolute Gasteiger partial charge is 0.478 e. The third-order valence-corrected chi connectivity index (χ3v) is 19.0. The summed E-state index contributed by atoms with van der Waals surface area (Å²) in [5.41, 5.74) is 12.2. The molecule has 0 radical (unpaired) electrons. The van der Waals surface area contributed by atoms with Crippen LogP contribution in [0, 0.1) is 41.8 Å². The van der Waals surface area contributed by atoms with Gasteiger partial charge in [-0.1, -0.05) is 0 Å². The molecule has 0 aromatic carbocycles. The van der Waals surface area contributed by atoms with E-state index in [-0.39, 0.29) is 118 Å². The van der Waals surface area contributed by atoms with Crippen LogP contribution in [0.4, 0.5) is 76.2 Å². The first-order chi connectivity index (χ1) is 58.4. The number of fused-ring (bicyclic) bond motifs is 6. The molecule has 53 heteroatoms. The van der Waals surface area contributed by atoms with Crippen molar-refractivity contribution in [2.45, 2.75) is 123 Å². The number of esters is 4. The van der Waals surface area contributed by atoms with Crippen molar-refractivity contribution >= 4 is 152 Å². The predicted molar refractivity (Wildman–Crippen MR) is 427 cm³/mol. The lowest BCUT2D eigenvalue weighted by Crippen LogP contribution is -2.41. The van der Waals surface area contributed by atoms with Crippen molar-refractivity contribution in [3.8, 4) is 10.6 Å². The average molecular weight is 1980 g/mol. The summed E-state index contributed by atoms with van der Waals surface area (Å²) in [6, 6.07) is 4.40. The molecule has 2 saturated heterocycles. The van der Waals surface area contributed by atoms with E-state index in [1.807, 2.05) is 12.3 Å². The van der Waals surface area contributed by atoms with Gasteiger partial charge in [0.15, 0.2) is 62.8 Å². The van der Waals surface area contributed by atoms with Gasteiger partial charge in [-0.25, -0.2) is 92.5 Å². The molecule has 2 aliphatic rings. The Bertz CT molecular complexity index is 6240. The van der Waals surface area contributed by atoms with E-state index < -0.39 is 112 Å². The lowest BCUT2D eigenvalue weighted by Gasteiger charge is -2.24. The molecule has 0 bridgehead atoms. The standard InChI is InChI=1S/C17H20F4N4O2.C12H13BrFN3O2.C11H11F4N5.C9H9N3O2S.C8H5BrFN3O2.C8H7FN4O2.C7H3BrFN3O2/c1-16(2,3)27-14(26)8-10-7-13-22-15(23-25(13)9-11(10)18)24-6-4-5-12(24)17(19,20)21;1-12(2,3)19-10(18)5-7-4-9-15-11(13)16-17(9)6-8(7)14;12-6-5-20-9(4-7(6)16)17-10(18-20)19-3-1-2-8(19)11(13,14)15;1-5-4-15-8(11-5)6-3-10-12(2)7(6)9(13)14;1-15-7(14)4-2-6-11-8(9)12-13(6)3-5(4)10;1-15-7(14)4-2-6-11-8(10)12-13(6)3-5(4)9;8-7-10-5-1-3(6(13)14)4(9)2-12(5)11-7/h7,9,12H,4-6,8H2,1-3H3;4,6H,5H2,1-3H3;4-5,8H,1-3,16H2;3-4H,1-2H3,(H,13,14);2-3H,1H3;2-3H,1H3,(H2,10,12);1-2H,(H,13,14)/t12-;;8-;;;;/m1.1..../s1. The summed E-state index contributed by atoms with van der Waals surface area (Å²) in [7, 11) is 3.96. The molecule has 0 unspecified atom stereocenters. The zero-order chi connectivity index (χ0) is 92.0. The first kappa shape index (κ1) is 94.4. The highest BCUT2D eigenvalue weighted by Crippen LogP contribution is 2.37. The number of hydrogen-bond donors (Lipinski definition) is 4. The molecule has 2 aliphatic heterocycles.